The van der Waals surface area contributed by atoms with E-state index in [9.17, 15) is 4.79 Å². The van der Waals surface area contributed by atoms with Gasteiger partial charge in [0.25, 0.3) is 5.56 Å². The molecule has 7 heteroatoms. The summed E-state index contributed by atoms with van der Waals surface area (Å²) in [7, 11) is 0. The molecule has 1 atom stereocenters. The minimum atomic E-state index is -0.438. The number of aromatic nitrogens is 2. The topological polar surface area (TPSA) is 62.6 Å². The molecule has 0 fully saturated rings. The Bertz CT molecular complexity index is 1700. The zero-order chi connectivity index (χ0) is 27.3. The maximum Gasteiger partial charge on any atom is 0.259 e. The molecule has 0 saturated carbocycles. The molecule has 40 heavy (non-hydrogen) atoms. The summed E-state index contributed by atoms with van der Waals surface area (Å²) < 4.78 is 20.5. The van der Waals surface area contributed by atoms with Crippen molar-refractivity contribution in [3.63, 3.8) is 0 Å². The summed E-state index contributed by atoms with van der Waals surface area (Å²) in [6, 6.07) is 29.5. The number of pyridine rings is 2. The molecule has 1 aliphatic rings. The highest BCUT2D eigenvalue weighted by atomic mass is 79.9. The third-order valence-corrected chi connectivity index (χ3v) is 7.50. The van der Waals surface area contributed by atoms with E-state index in [-0.39, 0.29) is 19.0 Å². The van der Waals surface area contributed by atoms with Crippen LogP contribution in [0.3, 0.4) is 0 Å². The van der Waals surface area contributed by atoms with Crippen LogP contribution >= 0.6 is 15.9 Å². The highest BCUT2D eigenvalue weighted by molar-refractivity contribution is 9.10. The van der Waals surface area contributed by atoms with Crippen molar-refractivity contribution in [2.24, 2.45) is 0 Å². The number of allylic oxidation sites excluding steroid dienone is 1. The largest absolute Gasteiger partial charge is 0.462 e. The number of nitrogens with zero attached hydrogens (tertiary/aromatic N) is 2. The molecule has 0 spiro atoms. The van der Waals surface area contributed by atoms with E-state index >= 15 is 0 Å². The van der Waals surface area contributed by atoms with Gasteiger partial charge >= 0.3 is 0 Å². The number of hydrogen-bond acceptors (Lipinski definition) is 5. The fourth-order valence-electron chi connectivity index (χ4n) is 5.16. The summed E-state index contributed by atoms with van der Waals surface area (Å²) in [5.41, 5.74) is 4.69. The van der Waals surface area contributed by atoms with Crippen LogP contribution in [-0.2, 0) is 33.8 Å². The second kappa shape index (κ2) is 11.9. The van der Waals surface area contributed by atoms with Crippen molar-refractivity contribution in [1.29, 1.82) is 0 Å². The Morgan fingerprint density at radius 3 is 2.35 bits per heavy atom. The first-order valence-corrected chi connectivity index (χ1v) is 13.9. The molecule has 1 unspecified atom stereocenters. The average molecular weight is 595 g/mol. The van der Waals surface area contributed by atoms with E-state index in [0.717, 1.165) is 37.8 Å². The van der Waals surface area contributed by atoms with E-state index in [2.05, 4.69) is 45.2 Å². The lowest BCUT2D eigenvalue weighted by Gasteiger charge is -2.27. The van der Waals surface area contributed by atoms with Gasteiger partial charge in [0.05, 0.1) is 18.9 Å². The van der Waals surface area contributed by atoms with E-state index in [1.54, 1.807) is 18.7 Å². The molecule has 0 aliphatic carbocycles. The van der Waals surface area contributed by atoms with E-state index in [1.165, 1.54) is 0 Å². The maximum atomic E-state index is 14.4. The molecule has 6 rings (SSSR count). The lowest BCUT2D eigenvalue weighted by molar-refractivity contribution is 0.0688. The summed E-state index contributed by atoms with van der Waals surface area (Å²) in [6.07, 6.45) is 5.66. The number of ether oxygens (including phenoxy) is 3. The summed E-state index contributed by atoms with van der Waals surface area (Å²) in [4.78, 5) is 18.5. The minimum Gasteiger partial charge on any atom is -0.462 e. The van der Waals surface area contributed by atoms with Crippen molar-refractivity contribution in [2.75, 3.05) is 6.79 Å². The molecule has 0 bridgehead atoms. The third kappa shape index (κ3) is 5.43. The van der Waals surface area contributed by atoms with E-state index < -0.39 is 6.04 Å². The van der Waals surface area contributed by atoms with Crippen molar-refractivity contribution in [3.8, 4) is 11.1 Å². The van der Waals surface area contributed by atoms with Gasteiger partial charge in [-0.2, -0.15) is 0 Å². The summed E-state index contributed by atoms with van der Waals surface area (Å²) in [6.45, 7) is 0.714. The number of rotatable bonds is 9. The van der Waals surface area contributed by atoms with Crippen molar-refractivity contribution < 1.29 is 14.2 Å². The third-order valence-electron chi connectivity index (χ3n) is 7.00. The standard InChI is InChI=1S/C33H27BrN2O4/c34-26-11-12-27-28(18-26)32(25-9-5-2-6-10-25)30(20-38-19-24-13-15-35-16-14-24)36(33(27)37)29(31-21-39-22-40-31)17-23-7-3-1-4-8-23/h1-16,18,21,29H,17,19-20,22H2. The highest BCUT2D eigenvalue weighted by Crippen LogP contribution is 2.36. The molecule has 0 radical (unpaired) electrons. The molecule has 0 saturated heterocycles. The molecule has 0 amide bonds. The van der Waals surface area contributed by atoms with Gasteiger partial charge < -0.3 is 14.2 Å². The van der Waals surface area contributed by atoms with Crippen LogP contribution in [0.1, 0.15) is 22.9 Å². The smallest absolute Gasteiger partial charge is 0.259 e. The van der Waals surface area contributed by atoms with Crippen molar-refractivity contribution >= 4 is 26.7 Å². The zero-order valence-electron chi connectivity index (χ0n) is 21.7. The average Bonchev–Trinajstić information content (AvgIpc) is 3.53. The lowest BCUT2D eigenvalue weighted by atomic mass is 9.95. The van der Waals surface area contributed by atoms with Crippen LogP contribution < -0.4 is 5.56 Å². The fourth-order valence-corrected chi connectivity index (χ4v) is 5.53. The van der Waals surface area contributed by atoms with Gasteiger partial charge in [-0.05, 0) is 52.4 Å². The maximum absolute atomic E-state index is 14.4. The second-order valence-corrected chi connectivity index (χ2v) is 10.5. The molecule has 0 N–H and O–H groups in total. The summed E-state index contributed by atoms with van der Waals surface area (Å²) in [5, 5.41) is 1.48. The van der Waals surface area contributed by atoms with Crippen LogP contribution in [-0.4, -0.2) is 16.3 Å². The molecule has 6 nitrogen and oxygen atoms in total. The molecule has 200 valence electrons. The monoisotopic (exact) mass is 594 g/mol. The van der Waals surface area contributed by atoms with Crippen LogP contribution in [0.4, 0.5) is 0 Å². The van der Waals surface area contributed by atoms with Crippen molar-refractivity contribution in [3.05, 3.63) is 147 Å². The van der Waals surface area contributed by atoms with Gasteiger partial charge in [-0.25, -0.2) is 0 Å². The van der Waals surface area contributed by atoms with Crippen LogP contribution in [0, 0.1) is 0 Å². The zero-order valence-corrected chi connectivity index (χ0v) is 23.3. The van der Waals surface area contributed by atoms with Gasteiger partial charge in [-0.15, -0.1) is 0 Å². The summed E-state index contributed by atoms with van der Waals surface area (Å²) in [5.74, 6) is 0.608. The van der Waals surface area contributed by atoms with Crippen LogP contribution in [0.25, 0.3) is 21.9 Å². The van der Waals surface area contributed by atoms with E-state index in [1.807, 2.05) is 71.3 Å². The predicted octanol–water partition coefficient (Wildman–Crippen LogP) is 7.17. The van der Waals surface area contributed by atoms with Crippen LogP contribution in [0.15, 0.2) is 125 Å². The molecule has 1 aliphatic heterocycles. The quantitative estimate of drug-likeness (QED) is 0.181. The Morgan fingerprint density at radius 2 is 1.62 bits per heavy atom. The molecular weight excluding hydrogens is 568 g/mol. The molecule has 2 aromatic heterocycles. The highest BCUT2D eigenvalue weighted by Gasteiger charge is 2.29. The number of benzene rings is 3. The Balaban J connectivity index is 1.59. The first-order chi connectivity index (χ1) is 19.7. The first kappa shape index (κ1) is 26.0. The molecule has 3 aromatic carbocycles. The Kier molecular flexibility index (Phi) is 7.75. The van der Waals surface area contributed by atoms with Gasteiger partial charge in [-0.3, -0.25) is 14.3 Å². The number of fused-ring (bicyclic) bond motifs is 1. The van der Waals surface area contributed by atoms with Gasteiger partial charge in [0.15, 0.2) is 5.76 Å². The Labute approximate surface area is 240 Å². The molecular formula is C33H27BrN2O4. The second-order valence-electron chi connectivity index (χ2n) is 9.56. The Morgan fingerprint density at radius 1 is 0.875 bits per heavy atom. The number of hydrogen-bond donors (Lipinski definition) is 0. The lowest BCUT2D eigenvalue weighted by Crippen LogP contribution is -2.32. The van der Waals surface area contributed by atoms with Gasteiger partial charge in [0, 0.05) is 34.2 Å². The Hall–Kier alpha value is -4.20. The first-order valence-electron chi connectivity index (χ1n) is 13.1. The van der Waals surface area contributed by atoms with E-state index in [0.29, 0.717) is 24.2 Å². The van der Waals surface area contributed by atoms with E-state index in [4.69, 9.17) is 14.2 Å². The van der Waals surface area contributed by atoms with Crippen molar-refractivity contribution in [1.82, 2.24) is 9.55 Å². The SMILES string of the molecule is O=c1c2ccc(Br)cc2c(-c2ccccc2)c(COCc2ccncc2)n1C(Cc1ccccc1)C1=COCO1. The summed E-state index contributed by atoms with van der Waals surface area (Å²) >= 11 is 3.63. The minimum absolute atomic E-state index is 0.109. The molecule has 3 heterocycles. The van der Waals surface area contributed by atoms with Gasteiger partial charge in [0.1, 0.15) is 12.3 Å². The normalized spacial score (nSPS) is 13.5. The fraction of sp³-hybridized carbons (Fsp3) is 0.152. The van der Waals surface area contributed by atoms with Gasteiger partial charge in [-0.1, -0.05) is 76.6 Å². The van der Waals surface area contributed by atoms with Crippen LogP contribution in [0.5, 0.6) is 0 Å². The molecule has 5 aromatic rings. The van der Waals surface area contributed by atoms with Crippen molar-refractivity contribution in [2.45, 2.75) is 25.7 Å². The van der Waals surface area contributed by atoms with Crippen LogP contribution in [0.2, 0.25) is 0 Å². The van der Waals surface area contributed by atoms with Gasteiger partial charge in [0.2, 0.25) is 6.79 Å². The number of halogens is 1. The predicted molar refractivity (Wildman–Crippen MR) is 158 cm³/mol.